The second kappa shape index (κ2) is 22.5. The largest absolute Gasteiger partial charge is 0.294 e. The lowest BCUT2D eigenvalue weighted by Gasteiger charge is -2.10. The van der Waals surface area contributed by atoms with E-state index in [0.717, 1.165) is 51.6 Å². The maximum absolute atomic E-state index is 11.8. The molecular weight excluding hydrogens is 761 g/mol. The summed E-state index contributed by atoms with van der Waals surface area (Å²) in [6.07, 6.45) is 11.1. The number of fused-ring (bicyclic) bond motifs is 4. The molecule has 62 heavy (non-hydrogen) atoms. The highest BCUT2D eigenvalue weighted by atomic mass is 16.1. The average Bonchev–Trinajstić information content (AvgIpc) is 4.08. The number of benzene rings is 7. The molecule has 4 heteroatoms. The van der Waals surface area contributed by atoms with E-state index in [1.807, 2.05) is 125 Å². The second-order valence-electron chi connectivity index (χ2n) is 16.2. The van der Waals surface area contributed by atoms with Crippen molar-refractivity contribution in [3.63, 3.8) is 0 Å². The first-order valence-corrected chi connectivity index (χ1v) is 22.6. The molecule has 2 aliphatic carbocycles. The average molecular weight is 821 g/mol. The lowest BCUT2D eigenvalue weighted by atomic mass is 9.95. The summed E-state index contributed by atoms with van der Waals surface area (Å²) in [5.41, 5.74) is 9.78. The lowest BCUT2D eigenvalue weighted by Crippen LogP contribution is -2.01. The highest BCUT2D eigenvalue weighted by Gasteiger charge is 2.18. The van der Waals surface area contributed by atoms with Gasteiger partial charge in [-0.05, 0) is 106 Å². The number of hydrogen-bond donors (Lipinski definition) is 0. The molecule has 0 aromatic heterocycles. The molecule has 9 rings (SSSR count). The summed E-state index contributed by atoms with van der Waals surface area (Å²) in [4.78, 5) is 46.5. The number of carbonyl (C=O) groups excluding carboxylic acids is 4. The van der Waals surface area contributed by atoms with Crippen molar-refractivity contribution >= 4 is 44.7 Å². The molecule has 0 bridgehead atoms. The van der Waals surface area contributed by atoms with E-state index in [1.165, 1.54) is 65.0 Å². The molecule has 0 amide bonds. The monoisotopic (exact) mass is 820 g/mol. The number of Topliss-reactive ketones (excluding diaryl/α,β-unsaturated/α-hetero) is 4. The van der Waals surface area contributed by atoms with Crippen molar-refractivity contribution in [1.82, 2.24) is 0 Å². The zero-order valence-corrected chi connectivity index (χ0v) is 36.9. The van der Waals surface area contributed by atoms with Crippen molar-refractivity contribution < 1.29 is 19.2 Å². The maximum atomic E-state index is 11.8. The minimum atomic E-state index is 0.192. The fraction of sp³-hybridized carbons (Fsp3) is 0.276. The van der Waals surface area contributed by atoms with Crippen molar-refractivity contribution in [3.8, 4) is 11.1 Å². The number of hydrogen-bond acceptors (Lipinski definition) is 4. The van der Waals surface area contributed by atoms with Gasteiger partial charge in [-0.1, -0.05) is 174 Å². The molecule has 0 radical (unpaired) electrons. The quantitative estimate of drug-likeness (QED) is 0.102. The van der Waals surface area contributed by atoms with Crippen LogP contribution in [0.5, 0.6) is 0 Å². The highest BCUT2D eigenvalue weighted by molar-refractivity contribution is 6.10. The smallest absolute Gasteiger partial charge is 0.162 e. The molecule has 0 unspecified atom stereocenters. The lowest BCUT2D eigenvalue weighted by molar-refractivity contribution is 0.0979. The molecular formula is C58H60O4. The number of aryl methyl sites for hydroxylation is 1. The van der Waals surface area contributed by atoms with Crippen molar-refractivity contribution in [2.24, 2.45) is 0 Å². The summed E-state index contributed by atoms with van der Waals surface area (Å²) in [6.45, 7) is 7.63. The summed E-state index contributed by atoms with van der Waals surface area (Å²) >= 11 is 0. The Kier molecular flexibility index (Phi) is 16.5. The van der Waals surface area contributed by atoms with E-state index in [9.17, 15) is 19.2 Å². The first-order chi connectivity index (χ1) is 30.2. The topological polar surface area (TPSA) is 68.3 Å². The molecule has 4 nitrogen and oxygen atoms in total. The van der Waals surface area contributed by atoms with Crippen LogP contribution >= 0.6 is 0 Å². The van der Waals surface area contributed by atoms with Crippen LogP contribution < -0.4 is 0 Å². The third-order valence-electron chi connectivity index (χ3n) is 12.1. The van der Waals surface area contributed by atoms with E-state index in [0.29, 0.717) is 37.4 Å². The van der Waals surface area contributed by atoms with Gasteiger partial charge in [-0.25, -0.2) is 0 Å². The molecule has 7 aromatic carbocycles. The summed E-state index contributed by atoms with van der Waals surface area (Å²) < 4.78 is 0. The molecule has 7 aromatic rings. The Morgan fingerprint density at radius 2 is 0.984 bits per heavy atom. The van der Waals surface area contributed by atoms with Gasteiger partial charge in [0.1, 0.15) is 0 Å². The van der Waals surface area contributed by atoms with E-state index < -0.39 is 0 Å². The molecule has 0 heterocycles. The molecule has 0 saturated heterocycles. The molecule has 0 spiro atoms. The standard InChI is InChI=1S/C17H14O.C15H14O.C14H18O.C12H14O/c1-2-17(18)14-10-9-13-8-7-12-5-3-4-6-15(12)16(13)11-14;1-2-15(16)14-10-6-9-13(11-14)12-7-4-3-5-8-12;1-2-14(15)13-9-5-8-12(10-13)11-6-3-4-7-11;1-2-12(13)11-8-4-6-9-5-3-7-10(9)11/h3-11H,2H2,1H3;3-11H,2H2,1H3;5,8-11H,2-4,6-7H2,1H3;4,6,8H,2-3,5,7H2,1H3. The summed E-state index contributed by atoms with van der Waals surface area (Å²) in [5.74, 6) is 1.64. The highest BCUT2D eigenvalue weighted by Crippen LogP contribution is 2.34. The van der Waals surface area contributed by atoms with E-state index in [1.54, 1.807) is 0 Å². The molecule has 0 atom stereocenters. The van der Waals surface area contributed by atoms with E-state index in [4.69, 9.17) is 0 Å². The fourth-order valence-electron chi connectivity index (χ4n) is 8.59. The Balaban J connectivity index is 0.000000139. The van der Waals surface area contributed by atoms with Gasteiger partial charge in [0, 0.05) is 47.9 Å². The third-order valence-corrected chi connectivity index (χ3v) is 12.1. The van der Waals surface area contributed by atoms with Gasteiger partial charge in [0.15, 0.2) is 23.1 Å². The van der Waals surface area contributed by atoms with Crippen LogP contribution in [0.1, 0.15) is 150 Å². The Morgan fingerprint density at radius 3 is 1.66 bits per heavy atom. The van der Waals surface area contributed by atoms with Gasteiger partial charge in [0.05, 0.1) is 0 Å². The van der Waals surface area contributed by atoms with Crippen LogP contribution in [0.2, 0.25) is 0 Å². The van der Waals surface area contributed by atoms with Crippen molar-refractivity contribution in [3.05, 3.63) is 191 Å². The van der Waals surface area contributed by atoms with E-state index in [-0.39, 0.29) is 17.3 Å². The van der Waals surface area contributed by atoms with Crippen molar-refractivity contribution in [1.29, 1.82) is 0 Å². The van der Waals surface area contributed by atoms with Gasteiger partial charge >= 0.3 is 0 Å². The Morgan fingerprint density at radius 1 is 0.435 bits per heavy atom. The van der Waals surface area contributed by atoms with Crippen LogP contribution in [0.15, 0.2) is 152 Å². The van der Waals surface area contributed by atoms with Gasteiger partial charge in [-0.3, -0.25) is 19.2 Å². The molecule has 1 fully saturated rings. The summed E-state index contributed by atoms with van der Waals surface area (Å²) in [6, 6.07) is 50.7. The molecule has 0 aliphatic heterocycles. The van der Waals surface area contributed by atoms with Crippen LogP contribution in [0.3, 0.4) is 0 Å². The molecule has 316 valence electrons. The number of rotatable bonds is 10. The van der Waals surface area contributed by atoms with Crippen LogP contribution in [-0.4, -0.2) is 23.1 Å². The zero-order valence-electron chi connectivity index (χ0n) is 36.9. The minimum absolute atomic E-state index is 0.192. The van der Waals surface area contributed by atoms with E-state index in [2.05, 4.69) is 54.6 Å². The van der Waals surface area contributed by atoms with Crippen LogP contribution in [0.4, 0.5) is 0 Å². The Hall–Kier alpha value is -6.26. The Bertz CT molecular complexity index is 2630. The first kappa shape index (κ1) is 45.3. The Labute approximate surface area is 368 Å². The summed E-state index contributed by atoms with van der Waals surface area (Å²) in [7, 11) is 0. The first-order valence-electron chi connectivity index (χ1n) is 22.6. The summed E-state index contributed by atoms with van der Waals surface area (Å²) in [5, 5.41) is 4.76. The van der Waals surface area contributed by atoms with Crippen molar-refractivity contribution in [2.75, 3.05) is 0 Å². The fourth-order valence-corrected chi connectivity index (χ4v) is 8.59. The number of carbonyl (C=O) groups is 4. The number of ketones is 4. The van der Waals surface area contributed by atoms with Crippen molar-refractivity contribution in [2.45, 2.75) is 104 Å². The predicted octanol–water partition coefficient (Wildman–Crippen LogP) is 15.2. The van der Waals surface area contributed by atoms with E-state index >= 15 is 0 Å². The minimum Gasteiger partial charge on any atom is -0.294 e. The SMILES string of the molecule is CCC(=O)c1ccc2ccc3ccccc3c2c1.CCC(=O)c1cccc(-c2ccccc2)c1.CCC(=O)c1cccc(C2CCCC2)c1.CCC(=O)c1cccc2c1CCC2. The van der Waals surface area contributed by atoms with Crippen LogP contribution in [0.25, 0.3) is 32.7 Å². The maximum Gasteiger partial charge on any atom is 0.162 e. The zero-order chi connectivity index (χ0) is 43.8. The van der Waals surface area contributed by atoms with Crippen LogP contribution in [0, 0.1) is 0 Å². The molecule has 0 N–H and O–H groups in total. The third kappa shape index (κ3) is 11.6. The molecule has 2 aliphatic rings. The van der Waals surface area contributed by atoms with Gasteiger partial charge < -0.3 is 0 Å². The van der Waals surface area contributed by atoms with Gasteiger partial charge in [-0.15, -0.1) is 0 Å². The van der Waals surface area contributed by atoms with Gasteiger partial charge in [0.25, 0.3) is 0 Å². The normalized spacial score (nSPS) is 12.8. The van der Waals surface area contributed by atoms with Gasteiger partial charge in [0.2, 0.25) is 0 Å². The van der Waals surface area contributed by atoms with Crippen LogP contribution in [-0.2, 0) is 12.8 Å². The second-order valence-corrected chi connectivity index (χ2v) is 16.2. The molecule has 1 saturated carbocycles. The predicted molar refractivity (Wildman–Crippen MR) is 258 cm³/mol. The van der Waals surface area contributed by atoms with Gasteiger partial charge in [-0.2, -0.15) is 0 Å².